The zero-order chi connectivity index (χ0) is 15.3. The van der Waals surface area contributed by atoms with Crippen LogP contribution >= 0.6 is 0 Å². The molecule has 0 aliphatic rings. The highest BCUT2D eigenvalue weighted by Crippen LogP contribution is 2.08. The number of rotatable bonds is 7. The molecule has 0 saturated heterocycles. The van der Waals surface area contributed by atoms with Crippen LogP contribution in [-0.2, 0) is 9.84 Å². The van der Waals surface area contributed by atoms with Gasteiger partial charge in [-0.2, -0.15) is 24.7 Å². The Hall–Kier alpha value is -2.30. The lowest BCUT2D eigenvalue weighted by atomic mass is 10.7. The second kappa shape index (κ2) is 6.43. The SMILES string of the molecule is CCNc1nc(NCCS(C)(=O)=O)nc(-n2cncn2)n1. The summed E-state index contributed by atoms with van der Waals surface area (Å²) in [6, 6.07) is 0. The molecule has 2 heterocycles. The van der Waals surface area contributed by atoms with Crippen LogP contribution in [0.1, 0.15) is 6.92 Å². The molecule has 2 aromatic rings. The van der Waals surface area contributed by atoms with Gasteiger partial charge in [0.25, 0.3) is 5.95 Å². The average Bonchev–Trinajstić information content (AvgIpc) is 2.91. The summed E-state index contributed by atoms with van der Waals surface area (Å²) in [5, 5.41) is 9.78. The molecule has 0 aromatic carbocycles. The number of nitrogens with one attached hydrogen (secondary N) is 2. The maximum atomic E-state index is 11.1. The highest BCUT2D eigenvalue weighted by atomic mass is 32.2. The third kappa shape index (κ3) is 4.63. The fourth-order valence-corrected chi connectivity index (χ4v) is 1.92. The molecule has 0 radical (unpaired) electrons. The van der Waals surface area contributed by atoms with E-state index in [0.29, 0.717) is 18.4 Å². The average molecular weight is 312 g/mol. The van der Waals surface area contributed by atoms with Crippen molar-refractivity contribution in [3.8, 4) is 5.95 Å². The minimum atomic E-state index is -3.04. The Labute approximate surface area is 122 Å². The summed E-state index contributed by atoms with van der Waals surface area (Å²) in [6.45, 7) is 2.77. The largest absolute Gasteiger partial charge is 0.354 e. The molecule has 0 unspecified atom stereocenters. The van der Waals surface area contributed by atoms with E-state index >= 15 is 0 Å². The van der Waals surface area contributed by atoms with Crippen molar-refractivity contribution in [2.45, 2.75) is 6.92 Å². The van der Waals surface area contributed by atoms with Gasteiger partial charge >= 0.3 is 0 Å². The van der Waals surface area contributed by atoms with E-state index in [9.17, 15) is 8.42 Å². The Morgan fingerprint density at radius 1 is 1.19 bits per heavy atom. The Morgan fingerprint density at radius 2 is 1.90 bits per heavy atom. The molecule has 114 valence electrons. The van der Waals surface area contributed by atoms with Crippen molar-refractivity contribution < 1.29 is 8.42 Å². The lowest BCUT2D eigenvalue weighted by Gasteiger charge is -2.08. The molecule has 2 rings (SSSR count). The Morgan fingerprint density at radius 3 is 2.48 bits per heavy atom. The van der Waals surface area contributed by atoms with E-state index in [1.165, 1.54) is 23.6 Å². The zero-order valence-electron chi connectivity index (χ0n) is 11.7. The molecule has 2 aromatic heterocycles. The molecule has 11 heteroatoms. The van der Waals surface area contributed by atoms with E-state index in [0.717, 1.165) is 0 Å². The first-order chi connectivity index (χ1) is 9.98. The number of aromatic nitrogens is 6. The summed E-state index contributed by atoms with van der Waals surface area (Å²) in [7, 11) is -3.04. The van der Waals surface area contributed by atoms with E-state index in [4.69, 9.17) is 0 Å². The monoisotopic (exact) mass is 312 g/mol. The summed E-state index contributed by atoms with van der Waals surface area (Å²) in [4.78, 5) is 16.3. The molecule has 10 nitrogen and oxygen atoms in total. The van der Waals surface area contributed by atoms with Crippen LogP contribution in [0.15, 0.2) is 12.7 Å². The second-order valence-corrected chi connectivity index (χ2v) is 6.47. The summed E-state index contributed by atoms with van der Waals surface area (Å²) in [5.74, 6) is 0.934. The second-order valence-electron chi connectivity index (χ2n) is 4.21. The molecule has 0 saturated carbocycles. The molecule has 2 N–H and O–H groups in total. The lowest BCUT2D eigenvalue weighted by molar-refractivity contribution is 0.602. The van der Waals surface area contributed by atoms with Gasteiger partial charge in [0.15, 0.2) is 0 Å². The summed E-state index contributed by atoms with van der Waals surface area (Å²) in [5.41, 5.74) is 0. The predicted molar refractivity (Wildman–Crippen MR) is 77.1 cm³/mol. The van der Waals surface area contributed by atoms with E-state index in [2.05, 4.69) is 35.7 Å². The topological polar surface area (TPSA) is 128 Å². The van der Waals surface area contributed by atoms with Crippen molar-refractivity contribution in [2.24, 2.45) is 0 Å². The third-order valence-corrected chi connectivity index (χ3v) is 3.28. The van der Waals surface area contributed by atoms with E-state index < -0.39 is 9.84 Å². The van der Waals surface area contributed by atoms with Gasteiger partial charge in [0, 0.05) is 19.3 Å². The predicted octanol–water partition coefficient (Wildman–Crippen LogP) is -0.659. The molecule has 0 aliphatic carbocycles. The normalized spacial score (nSPS) is 11.3. The molecule has 0 spiro atoms. The number of nitrogens with zero attached hydrogens (tertiary/aromatic N) is 6. The quantitative estimate of drug-likeness (QED) is 0.684. The van der Waals surface area contributed by atoms with Gasteiger partial charge in [-0.1, -0.05) is 0 Å². The van der Waals surface area contributed by atoms with Crippen LogP contribution in [0.3, 0.4) is 0 Å². The molecule has 0 aliphatic heterocycles. The number of hydrogen-bond donors (Lipinski definition) is 2. The standard InChI is InChI=1S/C10H16N8O2S/c1-3-12-8-15-9(13-4-5-21(2,19)20)17-10(16-8)18-7-11-6-14-18/h6-7H,3-5H2,1-2H3,(H2,12,13,15,16,17). The smallest absolute Gasteiger partial charge is 0.258 e. The van der Waals surface area contributed by atoms with Crippen LogP contribution in [0.25, 0.3) is 5.95 Å². The molecular formula is C10H16N8O2S. The highest BCUT2D eigenvalue weighted by Gasteiger charge is 2.09. The minimum absolute atomic E-state index is 0.00607. The third-order valence-electron chi connectivity index (χ3n) is 2.34. The molecule has 21 heavy (non-hydrogen) atoms. The number of anilines is 2. The summed E-state index contributed by atoms with van der Waals surface area (Å²) in [6.07, 6.45) is 4.01. The first-order valence-corrected chi connectivity index (χ1v) is 8.30. The number of sulfone groups is 1. The van der Waals surface area contributed by atoms with Crippen molar-refractivity contribution >= 4 is 21.7 Å². The van der Waals surface area contributed by atoms with Crippen molar-refractivity contribution in [3.05, 3.63) is 12.7 Å². The highest BCUT2D eigenvalue weighted by molar-refractivity contribution is 7.90. The van der Waals surface area contributed by atoms with Gasteiger partial charge < -0.3 is 10.6 Å². The number of hydrogen-bond acceptors (Lipinski definition) is 9. The Bertz CT molecular complexity index is 685. The van der Waals surface area contributed by atoms with Crippen molar-refractivity contribution in [1.82, 2.24) is 29.7 Å². The van der Waals surface area contributed by atoms with Crippen LogP contribution in [0.4, 0.5) is 11.9 Å². The summed E-state index contributed by atoms with van der Waals surface area (Å²) < 4.78 is 23.6. The summed E-state index contributed by atoms with van der Waals surface area (Å²) >= 11 is 0. The maximum Gasteiger partial charge on any atom is 0.258 e. The lowest BCUT2D eigenvalue weighted by Crippen LogP contribution is -2.17. The van der Waals surface area contributed by atoms with Gasteiger partial charge in [-0.05, 0) is 6.92 Å². The van der Waals surface area contributed by atoms with Crippen LogP contribution < -0.4 is 10.6 Å². The van der Waals surface area contributed by atoms with Crippen LogP contribution in [0, 0.1) is 0 Å². The van der Waals surface area contributed by atoms with Gasteiger partial charge in [0.1, 0.15) is 22.5 Å². The van der Waals surface area contributed by atoms with Gasteiger partial charge in [-0.15, -0.1) is 0 Å². The van der Waals surface area contributed by atoms with E-state index in [1.54, 1.807) is 0 Å². The van der Waals surface area contributed by atoms with Crippen LogP contribution in [0.2, 0.25) is 0 Å². The first kappa shape index (κ1) is 15.1. The first-order valence-electron chi connectivity index (χ1n) is 6.24. The minimum Gasteiger partial charge on any atom is -0.354 e. The molecule has 0 bridgehead atoms. The molecule has 0 fully saturated rings. The fourth-order valence-electron chi connectivity index (χ4n) is 1.44. The van der Waals surface area contributed by atoms with Crippen molar-refractivity contribution in [2.75, 3.05) is 35.7 Å². The van der Waals surface area contributed by atoms with Crippen LogP contribution in [-0.4, -0.2) is 63.2 Å². The molecule has 0 atom stereocenters. The van der Waals surface area contributed by atoms with Crippen LogP contribution in [0.5, 0.6) is 0 Å². The Balaban J connectivity index is 2.19. The van der Waals surface area contributed by atoms with E-state index in [-0.39, 0.29) is 18.2 Å². The maximum absolute atomic E-state index is 11.1. The molecular weight excluding hydrogens is 296 g/mol. The van der Waals surface area contributed by atoms with E-state index in [1.807, 2.05) is 6.92 Å². The molecule has 0 amide bonds. The van der Waals surface area contributed by atoms with Crippen molar-refractivity contribution in [3.63, 3.8) is 0 Å². The van der Waals surface area contributed by atoms with Gasteiger partial charge in [-0.25, -0.2) is 13.4 Å². The van der Waals surface area contributed by atoms with Gasteiger partial charge in [0.05, 0.1) is 5.75 Å². The fraction of sp³-hybridized carbons (Fsp3) is 0.500. The Kier molecular flexibility index (Phi) is 4.62. The van der Waals surface area contributed by atoms with Gasteiger partial charge in [0.2, 0.25) is 11.9 Å². The van der Waals surface area contributed by atoms with Crippen molar-refractivity contribution in [1.29, 1.82) is 0 Å². The van der Waals surface area contributed by atoms with Gasteiger partial charge in [-0.3, -0.25) is 0 Å². The zero-order valence-corrected chi connectivity index (χ0v) is 12.5.